The van der Waals surface area contributed by atoms with Gasteiger partial charge in [0, 0.05) is 32.7 Å². The molecule has 3 amide bonds. The van der Waals surface area contributed by atoms with Crippen molar-refractivity contribution in [2.45, 2.75) is 31.7 Å². The van der Waals surface area contributed by atoms with Crippen LogP contribution in [0.2, 0.25) is 0 Å². The molecule has 0 aromatic rings. The van der Waals surface area contributed by atoms with Gasteiger partial charge in [-0.05, 0) is 19.8 Å². The lowest BCUT2D eigenvalue weighted by Gasteiger charge is -2.43. The van der Waals surface area contributed by atoms with Crippen LogP contribution < -0.4 is 16.0 Å². The van der Waals surface area contributed by atoms with Gasteiger partial charge >= 0.3 is 12.0 Å². The summed E-state index contributed by atoms with van der Waals surface area (Å²) in [6.45, 7) is 4.80. The average molecular weight is 312 g/mol. The molecule has 0 aromatic carbocycles. The number of nitrogens with zero attached hydrogens (tertiary/aromatic N) is 1. The van der Waals surface area contributed by atoms with Crippen molar-refractivity contribution in [3.8, 4) is 0 Å². The third-order valence-electron chi connectivity index (χ3n) is 4.12. The predicted octanol–water partition coefficient (Wildman–Crippen LogP) is -0.797. The number of piperidine rings is 1. The molecule has 0 aromatic heterocycles. The molecule has 2 aliphatic rings. The molecule has 124 valence electrons. The highest BCUT2D eigenvalue weighted by Gasteiger charge is 2.43. The highest BCUT2D eigenvalue weighted by Crippen LogP contribution is 2.23. The molecule has 0 atom stereocenters. The van der Waals surface area contributed by atoms with Gasteiger partial charge in [-0.15, -0.1) is 0 Å². The molecule has 2 heterocycles. The van der Waals surface area contributed by atoms with Gasteiger partial charge in [0.1, 0.15) is 5.54 Å². The highest BCUT2D eigenvalue weighted by atomic mass is 16.5. The Labute approximate surface area is 129 Å². The lowest BCUT2D eigenvalue weighted by molar-refractivity contribution is -0.143. The molecule has 2 saturated heterocycles. The van der Waals surface area contributed by atoms with Crippen molar-refractivity contribution in [1.82, 2.24) is 20.9 Å². The van der Waals surface area contributed by atoms with E-state index in [0.29, 0.717) is 39.1 Å². The minimum absolute atomic E-state index is 0.0288. The Kier molecular flexibility index (Phi) is 5.59. The molecular formula is C14H24N4O4. The molecule has 2 aliphatic heterocycles. The Bertz CT molecular complexity index is 433. The number of likely N-dealkylation sites (tertiary alicyclic amines) is 1. The van der Waals surface area contributed by atoms with Gasteiger partial charge in [0.25, 0.3) is 0 Å². The van der Waals surface area contributed by atoms with E-state index in [1.165, 1.54) is 0 Å². The number of rotatable bonds is 4. The zero-order valence-electron chi connectivity index (χ0n) is 12.9. The smallest absolute Gasteiger partial charge is 0.317 e. The van der Waals surface area contributed by atoms with Crippen LogP contribution in [0, 0.1) is 0 Å². The number of hydrogen-bond acceptors (Lipinski definition) is 5. The summed E-state index contributed by atoms with van der Waals surface area (Å²) in [6, 6.07) is -0.199. The van der Waals surface area contributed by atoms with Crippen molar-refractivity contribution in [3.05, 3.63) is 0 Å². The summed E-state index contributed by atoms with van der Waals surface area (Å²) < 4.78 is 4.80. The number of amides is 3. The highest BCUT2D eigenvalue weighted by molar-refractivity contribution is 5.87. The molecule has 0 radical (unpaired) electrons. The van der Waals surface area contributed by atoms with E-state index in [1.54, 1.807) is 11.8 Å². The molecule has 0 bridgehead atoms. The molecule has 0 aliphatic carbocycles. The second-order valence-electron chi connectivity index (χ2n) is 5.54. The van der Waals surface area contributed by atoms with Crippen LogP contribution in [0.1, 0.15) is 26.2 Å². The quantitative estimate of drug-likeness (QED) is 0.590. The summed E-state index contributed by atoms with van der Waals surface area (Å²) in [5.41, 5.74) is -0.528. The van der Waals surface area contributed by atoms with Crippen molar-refractivity contribution in [2.24, 2.45) is 0 Å². The molecule has 2 fully saturated rings. The zero-order valence-corrected chi connectivity index (χ0v) is 12.9. The van der Waals surface area contributed by atoms with Gasteiger partial charge in [-0.25, -0.2) is 4.79 Å². The van der Waals surface area contributed by atoms with Gasteiger partial charge in [-0.2, -0.15) is 0 Å². The maximum atomic E-state index is 12.0. The molecule has 1 spiro atoms. The molecule has 2 rings (SSSR count). The summed E-state index contributed by atoms with van der Waals surface area (Å²) in [4.78, 5) is 36.9. The molecule has 3 N–H and O–H groups in total. The molecule has 0 saturated carbocycles. The largest absolute Gasteiger partial charge is 0.466 e. The van der Waals surface area contributed by atoms with Crippen molar-refractivity contribution in [3.63, 3.8) is 0 Å². The lowest BCUT2D eigenvalue weighted by atomic mass is 9.85. The number of piperazine rings is 1. The van der Waals surface area contributed by atoms with Gasteiger partial charge in [0.15, 0.2) is 0 Å². The van der Waals surface area contributed by atoms with Crippen LogP contribution in [0.25, 0.3) is 0 Å². The van der Waals surface area contributed by atoms with E-state index in [1.807, 2.05) is 0 Å². The third kappa shape index (κ3) is 3.88. The van der Waals surface area contributed by atoms with Crippen LogP contribution in [-0.2, 0) is 14.3 Å². The third-order valence-corrected chi connectivity index (χ3v) is 4.12. The number of urea groups is 1. The minimum atomic E-state index is -0.528. The van der Waals surface area contributed by atoms with E-state index in [0.717, 1.165) is 6.54 Å². The first-order chi connectivity index (χ1) is 10.6. The van der Waals surface area contributed by atoms with Crippen molar-refractivity contribution >= 4 is 17.9 Å². The summed E-state index contributed by atoms with van der Waals surface area (Å²) in [5.74, 6) is -0.287. The normalized spacial score (nSPS) is 20.4. The number of esters is 1. The Morgan fingerprint density at radius 2 is 2.05 bits per heavy atom. The summed E-state index contributed by atoms with van der Waals surface area (Å²) in [5, 5.41) is 8.87. The molecule has 0 unspecified atom stereocenters. The fourth-order valence-electron chi connectivity index (χ4n) is 2.84. The number of hydrogen-bond donors (Lipinski definition) is 3. The van der Waals surface area contributed by atoms with Crippen molar-refractivity contribution in [2.75, 3.05) is 39.3 Å². The molecule has 8 nitrogen and oxygen atoms in total. The van der Waals surface area contributed by atoms with Gasteiger partial charge in [0.05, 0.1) is 13.0 Å². The second kappa shape index (κ2) is 7.44. The minimum Gasteiger partial charge on any atom is -0.466 e. The standard InChI is InChI=1S/C14H24N4O4/c1-2-22-11(19)3-6-16-13(21)18-9-4-14(5-10-18)12(20)15-7-8-17-14/h17H,2-10H2,1H3,(H,15,20)(H,16,21). The topological polar surface area (TPSA) is 99.8 Å². The number of carbonyl (C=O) groups excluding carboxylic acids is 3. The van der Waals surface area contributed by atoms with E-state index in [2.05, 4.69) is 16.0 Å². The van der Waals surface area contributed by atoms with E-state index in [4.69, 9.17) is 4.74 Å². The number of ether oxygens (including phenoxy) is 1. The number of nitrogens with one attached hydrogen (secondary N) is 3. The van der Waals surface area contributed by atoms with Gasteiger partial charge in [-0.3, -0.25) is 9.59 Å². The summed E-state index contributed by atoms with van der Waals surface area (Å²) in [6.07, 6.45) is 1.37. The Morgan fingerprint density at radius 1 is 1.32 bits per heavy atom. The van der Waals surface area contributed by atoms with Gasteiger partial charge < -0.3 is 25.6 Å². The van der Waals surface area contributed by atoms with E-state index < -0.39 is 5.54 Å². The fraction of sp³-hybridized carbons (Fsp3) is 0.786. The van der Waals surface area contributed by atoms with Gasteiger partial charge in [0.2, 0.25) is 5.91 Å². The van der Waals surface area contributed by atoms with Crippen molar-refractivity contribution in [1.29, 1.82) is 0 Å². The maximum absolute atomic E-state index is 12.0. The van der Waals surface area contributed by atoms with E-state index in [9.17, 15) is 14.4 Å². The van der Waals surface area contributed by atoms with E-state index in [-0.39, 0.29) is 30.9 Å². The second-order valence-corrected chi connectivity index (χ2v) is 5.54. The van der Waals surface area contributed by atoms with Crippen LogP contribution in [0.15, 0.2) is 0 Å². The van der Waals surface area contributed by atoms with E-state index >= 15 is 0 Å². The molecule has 8 heteroatoms. The maximum Gasteiger partial charge on any atom is 0.317 e. The summed E-state index contributed by atoms with van der Waals surface area (Å²) >= 11 is 0. The zero-order chi connectivity index (χ0) is 16.0. The first kappa shape index (κ1) is 16.5. The monoisotopic (exact) mass is 312 g/mol. The van der Waals surface area contributed by atoms with Crippen LogP contribution >= 0.6 is 0 Å². The Balaban J connectivity index is 1.73. The molecule has 22 heavy (non-hydrogen) atoms. The first-order valence-corrected chi connectivity index (χ1v) is 7.79. The molecular weight excluding hydrogens is 288 g/mol. The first-order valence-electron chi connectivity index (χ1n) is 7.79. The lowest BCUT2D eigenvalue weighted by Crippen LogP contribution is -2.67. The van der Waals surface area contributed by atoms with Crippen LogP contribution in [-0.4, -0.2) is 67.7 Å². The Hall–Kier alpha value is -1.83. The Morgan fingerprint density at radius 3 is 2.68 bits per heavy atom. The average Bonchev–Trinajstić information content (AvgIpc) is 2.51. The fourth-order valence-corrected chi connectivity index (χ4v) is 2.84. The van der Waals surface area contributed by atoms with Crippen LogP contribution in [0.5, 0.6) is 0 Å². The van der Waals surface area contributed by atoms with Crippen molar-refractivity contribution < 1.29 is 19.1 Å². The van der Waals surface area contributed by atoms with Crippen LogP contribution in [0.3, 0.4) is 0 Å². The van der Waals surface area contributed by atoms with Gasteiger partial charge in [-0.1, -0.05) is 0 Å². The SMILES string of the molecule is CCOC(=O)CCNC(=O)N1CCC2(CC1)NCCNC2=O. The predicted molar refractivity (Wildman–Crippen MR) is 79.2 cm³/mol. The summed E-state index contributed by atoms with van der Waals surface area (Å²) in [7, 11) is 0. The van der Waals surface area contributed by atoms with Crippen LogP contribution in [0.4, 0.5) is 4.79 Å². The number of carbonyl (C=O) groups is 3.